The average Bonchev–Trinajstić information content (AvgIpc) is 2.24. The van der Waals surface area contributed by atoms with Crippen LogP contribution in [0, 0.1) is 13.8 Å². The molecule has 1 N–H and O–H groups in total. The van der Waals surface area contributed by atoms with Gasteiger partial charge in [-0.25, -0.2) is 8.42 Å². The maximum Gasteiger partial charge on any atom is 0.239 e. The van der Waals surface area contributed by atoms with Crippen LogP contribution >= 0.6 is 15.9 Å². The van der Waals surface area contributed by atoms with E-state index in [4.69, 9.17) is 0 Å². The Labute approximate surface area is 122 Å². The van der Waals surface area contributed by atoms with Crippen LogP contribution < -0.4 is 5.32 Å². The SMILES string of the molecule is Cc1cc(NC(=O)CS(=O)(=O)C(C)C)cc(C)c1Br. The summed E-state index contributed by atoms with van der Waals surface area (Å²) in [5.41, 5.74) is 2.59. The lowest BCUT2D eigenvalue weighted by atomic mass is 10.1. The molecule has 1 aromatic carbocycles. The first-order chi connectivity index (χ1) is 8.63. The molecule has 106 valence electrons. The van der Waals surface area contributed by atoms with Gasteiger partial charge in [-0.05, 0) is 51.0 Å². The van der Waals surface area contributed by atoms with Crippen LogP contribution in [0.2, 0.25) is 0 Å². The van der Waals surface area contributed by atoms with E-state index in [-0.39, 0.29) is 0 Å². The summed E-state index contributed by atoms with van der Waals surface area (Å²) in [4.78, 5) is 11.7. The van der Waals surface area contributed by atoms with Crippen molar-refractivity contribution in [2.24, 2.45) is 0 Å². The second-order valence-corrected chi connectivity index (χ2v) is 8.18. The first-order valence-corrected chi connectivity index (χ1v) is 8.42. The van der Waals surface area contributed by atoms with Crippen molar-refractivity contribution in [3.8, 4) is 0 Å². The maximum absolute atomic E-state index is 11.7. The summed E-state index contributed by atoms with van der Waals surface area (Å²) in [6.45, 7) is 6.96. The monoisotopic (exact) mass is 347 g/mol. The van der Waals surface area contributed by atoms with Gasteiger partial charge in [-0.2, -0.15) is 0 Å². The highest BCUT2D eigenvalue weighted by atomic mass is 79.9. The molecule has 0 unspecified atom stereocenters. The molecule has 4 nitrogen and oxygen atoms in total. The summed E-state index contributed by atoms with van der Waals surface area (Å²) >= 11 is 3.44. The van der Waals surface area contributed by atoms with Crippen molar-refractivity contribution in [2.45, 2.75) is 32.9 Å². The van der Waals surface area contributed by atoms with Crippen molar-refractivity contribution < 1.29 is 13.2 Å². The number of sulfone groups is 1. The summed E-state index contributed by atoms with van der Waals surface area (Å²) in [5.74, 6) is -0.992. The Hall–Kier alpha value is -0.880. The van der Waals surface area contributed by atoms with E-state index in [1.165, 1.54) is 0 Å². The number of nitrogens with one attached hydrogen (secondary N) is 1. The fraction of sp³-hybridized carbons (Fsp3) is 0.462. The Balaban J connectivity index is 2.84. The van der Waals surface area contributed by atoms with Gasteiger partial charge in [0.05, 0.1) is 5.25 Å². The van der Waals surface area contributed by atoms with Gasteiger partial charge >= 0.3 is 0 Å². The van der Waals surface area contributed by atoms with Crippen LogP contribution in [0.5, 0.6) is 0 Å². The predicted octanol–water partition coefficient (Wildman–Crippen LogP) is 2.83. The van der Waals surface area contributed by atoms with Crippen LogP contribution in [-0.2, 0) is 14.6 Å². The molecule has 0 saturated carbocycles. The highest BCUT2D eigenvalue weighted by molar-refractivity contribution is 9.10. The fourth-order valence-corrected chi connectivity index (χ4v) is 2.56. The van der Waals surface area contributed by atoms with Crippen LogP contribution in [0.1, 0.15) is 25.0 Å². The van der Waals surface area contributed by atoms with Crippen molar-refractivity contribution in [3.05, 3.63) is 27.7 Å². The molecule has 1 aromatic rings. The molecule has 0 saturated heterocycles. The quantitative estimate of drug-likeness (QED) is 0.910. The van der Waals surface area contributed by atoms with E-state index < -0.39 is 26.7 Å². The zero-order valence-corrected chi connectivity index (χ0v) is 13.9. The minimum absolute atomic E-state index is 0.487. The normalized spacial score (nSPS) is 11.7. The molecular weight excluding hydrogens is 330 g/mol. The van der Waals surface area contributed by atoms with Crippen molar-refractivity contribution in [3.63, 3.8) is 0 Å². The molecule has 1 amide bonds. The van der Waals surface area contributed by atoms with Gasteiger partial charge < -0.3 is 5.32 Å². The van der Waals surface area contributed by atoms with Crippen LogP contribution in [0.15, 0.2) is 16.6 Å². The molecule has 0 spiro atoms. The summed E-state index contributed by atoms with van der Waals surface area (Å²) in [5, 5.41) is 2.07. The Morgan fingerprint density at radius 3 is 2.16 bits per heavy atom. The van der Waals surface area contributed by atoms with Gasteiger partial charge in [-0.1, -0.05) is 15.9 Å². The lowest BCUT2D eigenvalue weighted by Crippen LogP contribution is -2.27. The summed E-state index contributed by atoms with van der Waals surface area (Å²) in [6, 6.07) is 3.61. The number of rotatable bonds is 4. The summed E-state index contributed by atoms with van der Waals surface area (Å²) < 4.78 is 24.3. The second-order valence-electron chi connectivity index (χ2n) is 4.83. The van der Waals surface area contributed by atoms with Crippen LogP contribution in [0.4, 0.5) is 5.69 Å². The van der Waals surface area contributed by atoms with Crippen LogP contribution in [-0.4, -0.2) is 25.3 Å². The molecule has 0 heterocycles. The smallest absolute Gasteiger partial charge is 0.239 e. The van der Waals surface area contributed by atoms with Gasteiger partial charge in [0.1, 0.15) is 5.75 Å². The van der Waals surface area contributed by atoms with E-state index in [1.807, 2.05) is 13.8 Å². The number of hydrogen-bond donors (Lipinski definition) is 1. The fourth-order valence-electron chi connectivity index (χ4n) is 1.56. The predicted molar refractivity (Wildman–Crippen MR) is 81.2 cm³/mol. The first-order valence-electron chi connectivity index (χ1n) is 5.91. The average molecular weight is 348 g/mol. The van der Waals surface area contributed by atoms with Gasteiger partial charge in [-0.15, -0.1) is 0 Å². The standard InChI is InChI=1S/C13H18BrNO3S/c1-8(2)19(17,18)7-12(16)15-11-5-9(3)13(14)10(4)6-11/h5-6,8H,7H2,1-4H3,(H,15,16). The molecule has 0 atom stereocenters. The zero-order valence-electron chi connectivity index (χ0n) is 11.5. The number of hydrogen-bond acceptors (Lipinski definition) is 3. The number of benzene rings is 1. The molecular formula is C13H18BrNO3S. The number of amides is 1. The van der Waals surface area contributed by atoms with Gasteiger partial charge in [0, 0.05) is 10.2 Å². The highest BCUT2D eigenvalue weighted by Crippen LogP contribution is 2.25. The minimum Gasteiger partial charge on any atom is -0.325 e. The number of aryl methyl sites for hydroxylation is 2. The third-order valence-corrected chi connectivity index (χ3v) is 6.12. The van der Waals surface area contributed by atoms with Gasteiger partial charge in [0.2, 0.25) is 5.91 Å². The van der Waals surface area contributed by atoms with Gasteiger partial charge in [0.25, 0.3) is 0 Å². The third-order valence-electron chi connectivity index (χ3n) is 2.77. The molecule has 0 fully saturated rings. The summed E-state index contributed by atoms with van der Waals surface area (Å²) in [7, 11) is -3.37. The number of anilines is 1. The van der Waals surface area contributed by atoms with E-state index in [9.17, 15) is 13.2 Å². The molecule has 6 heteroatoms. The molecule has 19 heavy (non-hydrogen) atoms. The van der Waals surface area contributed by atoms with Crippen LogP contribution in [0.25, 0.3) is 0 Å². The van der Waals surface area contributed by atoms with E-state index in [1.54, 1.807) is 26.0 Å². The van der Waals surface area contributed by atoms with Crippen molar-refractivity contribution in [1.29, 1.82) is 0 Å². The molecule has 0 aliphatic heterocycles. The van der Waals surface area contributed by atoms with Crippen LogP contribution in [0.3, 0.4) is 0 Å². The largest absolute Gasteiger partial charge is 0.325 e. The van der Waals surface area contributed by atoms with E-state index in [2.05, 4.69) is 21.2 Å². The highest BCUT2D eigenvalue weighted by Gasteiger charge is 2.20. The van der Waals surface area contributed by atoms with E-state index in [0.29, 0.717) is 5.69 Å². The van der Waals surface area contributed by atoms with Crippen molar-refractivity contribution in [1.82, 2.24) is 0 Å². The number of carbonyl (C=O) groups is 1. The maximum atomic E-state index is 11.7. The molecule has 0 aliphatic carbocycles. The molecule has 0 aliphatic rings. The van der Waals surface area contributed by atoms with Gasteiger partial charge in [-0.3, -0.25) is 4.79 Å². The lowest BCUT2D eigenvalue weighted by molar-refractivity contribution is -0.113. The van der Waals surface area contributed by atoms with Gasteiger partial charge in [0.15, 0.2) is 9.84 Å². The molecule has 0 aromatic heterocycles. The van der Waals surface area contributed by atoms with Crippen molar-refractivity contribution in [2.75, 3.05) is 11.1 Å². The second kappa shape index (κ2) is 6.05. The Morgan fingerprint density at radius 1 is 1.26 bits per heavy atom. The number of carbonyl (C=O) groups excluding carboxylic acids is 1. The molecule has 0 bridgehead atoms. The van der Waals surface area contributed by atoms with E-state index >= 15 is 0 Å². The molecule has 0 radical (unpaired) electrons. The zero-order chi connectivity index (χ0) is 14.8. The first kappa shape index (κ1) is 16.2. The van der Waals surface area contributed by atoms with E-state index in [0.717, 1.165) is 15.6 Å². The topological polar surface area (TPSA) is 63.2 Å². The summed E-state index contributed by atoms with van der Waals surface area (Å²) in [6.07, 6.45) is 0. The Bertz CT molecular complexity index is 571. The third kappa shape index (κ3) is 4.31. The number of halogens is 1. The minimum atomic E-state index is -3.37. The Morgan fingerprint density at radius 2 is 1.74 bits per heavy atom. The van der Waals surface area contributed by atoms with Crippen molar-refractivity contribution >= 4 is 37.4 Å². The lowest BCUT2D eigenvalue weighted by Gasteiger charge is -2.11. The molecule has 1 rings (SSSR count). The Kier molecular flexibility index (Phi) is 5.15.